The monoisotopic (exact) mass is 192 g/mol. The smallest absolute Gasteiger partial charge is 0.224 e. The van der Waals surface area contributed by atoms with E-state index < -0.39 is 0 Å². The summed E-state index contributed by atoms with van der Waals surface area (Å²) >= 11 is 11.0. The molecule has 0 aliphatic carbocycles. The summed E-state index contributed by atoms with van der Waals surface area (Å²) in [5.41, 5.74) is 2.22. The maximum absolute atomic E-state index is 10.2. The fourth-order valence-corrected chi connectivity index (χ4v) is 1.13. The predicted molar refractivity (Wildman–Crippen MR) is 43.8 cm³/mol. The van der Waals surface area contributed by atoms with Crippen LogP contribution in [0.3, 0.4) is 0 Å². The average molecular weight is 193 g/mol. The zero-order valence-corrected chi connectivity index (χ0v) is 7.07. The summed E-state index contributed by atoms with van der Waals surface area (Å²) in [4.78, 5) is 7.28. The van der Waals surface area contributed by atoms with Crippen molar-refractivity contribution < 1.29 is 0 Å². The van der Waals surface area contributed by atoms with Crippen LogP contribution in [0.4, 0.5) is 5.69 Å². The Bertz CT molecular complexity index is 255. The van der Waals surface area contributed by atoms with Crippen molar-refractivity contribution in [1.29, 1.82) is 0 Å². The van der Waals surface area contributed by atoms with Crippen LogP contribution in [0.15, 0.2) is 0 Å². The molecule has 0 aromatic carbocycles. The Morgan fingerprint density at radius 1 is 1.36 bits per heavy atom. The van der Waals surface area contributed by atoms with Gasteiger partial charge < -0.3 is 10.7 Å². The molecule has 0 amide bonds. The first-order chi connectivity index (χ1) is 5.15. The number of aryl methyl sites for hydroxylation is 1. The molecule has 0 fully saturated rings. The Morgan fingerprint density at radius 3 is 2.45 bits per heavy atom. The van der Waals surface area contributed by atoms with E-state index in [1.54, 1.807) is 12.4 Å². The summed E-state index contributed by atoms with van der Waals surface area (Å²) in [6.07, 6.45) is 0. The SMILES string of the molecule is Cc1nc(Cl)nc(Cl)c1N[O-]. The summed E-state index contributed by atoms with van der Waals surface area (Å²) in [6, 6.07) is 0. The van der Waals surface area contributed by atoms with Gasteiger partial charge in [-0.05, 0) is 18.5 Å². The molecule has 1 aromatic heterocycles. The van der Waals surface area contributed by atoms with E-state index in [0.29, 0.717) is 5.69 Å². The first-order valence-corrected chi connectivity index (χ1v) is 3.48. The lowest BCUT2D eigenvalue weighted by atomic mass is 10.4. The topological polar surface area (TPSA) is 60.9 Å². The lowest BCUT2D eigenvalue weighted by molar-refractivity contribution is 1.10. The van der Waals surface area contributed by atoms with Crippen molar-refractivity contribution in [2.75, 3.05) is 5.48 Å². The van der Waals surface area contributed by atoms with Gasteiger partial charge in [0, 0.05) is 0 Å². The molecule has 0 unspecified atom stereocenters. The van der Waals surface area contributed by atoms with Crippen LogP contribution in [-0.4, -0.2) is 9.97 Å². The first kappa shape index (κ1) is 8.52. The summed E-state index contributed by atoms with van der Waals surface area (Å²) < 4.78 is 0. The second kappa shape index (κ2) is 3.21. The molecule has 1 aromatic rings. The van der Waals surface area contributed by atoms with Gasteiger partial charge in [0.15, 0.2) is 5.15 Å². The standard InChI is InChI=1S/C5H4Cl2N3O/c1-2-3(10-11)4(6)9-5(7)8-2/h10H,1H3/q-1. The highest BCUT2D eigenvalue weighted by Crippen LogP contribution is 2.22. The molecule has 1 rings (SSSR count). The predicted octanol–water partition coefficient (Wildman–Crippen LogP) is 2.00. The van der Waals surface area contributed by atoms with Gasteiger partial charge in [-0.3, -0.25) is 0 Å². The van der Waals surface area contributed by atoms with Crippen LogP contribution in [0.1, 0.15) is 5.69 Å². The molecule has 6 heteroatoms. The highest BCUT2D eigenvalue weighted by molar-refractivity contribution is 6.33. The molecular weight excluding hydrogens is 189 g/mol. The van der Waals surface area contributed by atoms with E-state index in [9.17, 15) is 5.21 Å². The van der Waals surface area contributed by atoms with Crippen LogP contribution in [0.2, 0.25) is 10.4 Å². The fraction of sp³-hybridized carbons (Fsp3) is 0.200. The van der Waals surface area contributed by atoms with Crippen LogP contribution in [0.5, 0.6) is 0 Å². The minimum atomic E-state index is 0.0338. The Hall–Kier alpha value is -0.580. The zero-order valence-electron chi connectivity index (χ0n) is 5.56. The highest BCUT2D eigenvalue weighted by atomic mass is 35.5. The van der Waals surface area contributed by atoms with E-state index >= 15 is 0 Å². The molecular formula is C5H4Cl2N3O-. The van der Waals surface area contributed by atoms with E-state index in [2.05, 4.69) is 9.97 Å². The number of rotatable bonds is 1. The maximum Gasteiger partial charge on any atom is 0.224 e. The second-order valence-corrected chi connectivity index (χ2v) is 2.54. The summed E-state index contributed by atoms with van der Waals surface area (Å²) in [5.74, 6) is 0. The van der Waals surface area contributed by atoms with Gasteiger partial charge in [0.1, 0.15) is 0 Å². The lowest BCUT2D eigenvalue weighted by Crippen LogP contribution is -1.96. The Balaban J connectivity index is 3.25. The van der Waals surface area contributed by atoms with Gasteiger partial charge in [-0.2, -0.15) is 0 Å². The van der Waals surface area contributed by atoms with Crippen molar-refractivity contribution in [3.05, 3.63) is 21.3 Å². The van der Waals surface area contributed by atoms with E-state index in [0.717, 1.165) is 0 Å². The first-order valence-electron chi connectivity index (χ1n) is 2.73. The minimum Gasteiger partial charge on any atom is -0.761 e. The van der Waals surface area contributed by atoms with E-state index in [1.807, 2.05) is 0 Å². The highest BCUT2D eigenvalue weighted by Gasteiger charge is 2.04. The molecule has 0 saturated carbocycles. The van der Waals surface area contributed by atoms with E-state index in [1.165, 1.54) is 0 Å². The lowest BCUT2D eigenvalue weighted by Gasteiger charge is -2.12. The molecule has 0 atom stereocenters. The Kier molecular flexibility index (Phi) is 2.49. The number of nitrogens with zero attached hydrogens (tertiary/aromatic N) is 2. The molecule has 60 valence electrons. The van der Waals surface area contributed by atoms with Crippen molar-refractivity contribution in [2.24, 2.45) is 0 Å². The van der Waals surface area contributed by atoms with Gasteiger partial charge in [0.2, 0.25) is 5.28 Å². The Labute approximate surface area is 73.1 Å². The van der Waals surface area contributed by atoms with Crippen molar-refractivity contribution in [1.82, 2.24) is 9.97 Å². The zero-order chi connectivity index (χ0) is 8.43. The molecule has 0 radical (unpaired) electrons. The summed E-state index contributed by atoms with van der Waals surface area (Å²) in [7, 11) is 0. The molecule has 0 aliphatic heterocycles. The van der Waals surface area contributed by atoms with Gasteiger partial charge in [-0.25, -0.2) is 9.97 Å². The third-order valence-electron chi connectivity index (χ3n) is 1.12. The third-order valence-corrected chi connectivity index (χ3v) is 1.56. The van der Waals surface area contributed by atoms with Crippen LogP contribution in [0.25, 0.3) is 0 Å². The average Bonchev–Trinajstić information content (AvgIpc) is 1.85. The number of aromatic nitrogens is 2. The van der Waals surface area contributed by atoms with Crippen LogP contribution in [0, 0.1) is 12.1 Å². The number of hydrogen-bond donors (Lipinski definition) is 1. The minimum absolute atomic E-state index is 0.0338. The van der Waals surface area contributed by atoms with Gasteiger partial charge in [0.05, 0.1) is 11.4 Å². The Morgan fingerprint density at radius 2 is 2.00 bits per heavy atom. The van der Waals surface area contributed by atoms with Crippen molar-refractivity contribution >= 4 is 28.9 Å². The van der Waals surface area contributed by atoms with Gasteiger partial charge in [-0.15, -0.1) is 0 Å². The molecule has 11 heavy (non-hydrogen) atoms. The number of hydrogen-bond acceptors (Lipinski definition) is 4. The molecule has 1 heterocycles. The van der Waals surface area contributed by atoms with E-state index in [4.69, 9.17) is 23.2 Å². The molecule has 1 N–H and O–H groups in total. The van der Waals surface area contributed by atoms with E-state index in [-0.39, 0.29) is 16.1 Å². The maximum atomic E-state index is 10.2. The van der Waals surface area contributed by atoms with Crippen LogP contribution >= 0.6 is 23.2 Å². The quantitative estimate of drug-likeness (QED) is 0.421. The number of anilines is 1. The fourth-order valence-electron chi connectivity index (χ4n) is 0.621. The number of halogens is 2. The summed E-state index contributed by atoms with van der Waals surface area (Å²) in [5, 5.41) is 10.3. The largest absolute Gasteiger partial charge is 0.761 e. The molecule has 0 spiro atoms. The van der Waals surface area contributed by atoms with Crippen molar-refractivity contribution in [3.63, 3.8) is 0 Å². The third kappa shape index (κ3) is 1.71. The van der Waals surface area contributed by atoms with Crippen LogP contribution in [-0.2, 0) is 0 Å². The van der Waals surface area contributed by atoms with Gasteiger partial charge >= 0.3 is 0 Å². The molecule has 0 bridgehead atoms. The van der Waals surface area contributed by atoms with Gasteiger partial charge in [-0.1, -0.05) is 11.6 Å². The second-order valence-electron chi connectivity index (χ2n) is 1.85. The molecule has 0 saturated heterocycles. The number of nitrogens with one attached hydrogen (secondary N) is 1. The molecule has 0 aliphatic rings. The normalized spacial score (nSPS) is 9.82. The van der Waals surface area contributed by atoms with Crippen LogP contribution < -0.4 is 5.48 Å². The van der Waals surface area contributed by atoms with Crippen molar-refractivity contribution in [3.8, 4) is 0 Å². The van der Waals surface area contributed by atoms with Crippen molar-refractivity contribution in [2.45, 2.75) is 6.92 Å². The van der Waals surface area contributed by atoms with Gasteiger partial charge in [0.25, 0.3) is 0 Å². The molecule has 4 nitrogen and oxygen atoms in total. The summed E-state index contributed by atoms with van der Waals surface area (Å²) in [6.45, 7) is 1.61.